The van der Waals surface area contributed by atoms with Gasteiger partial charge >= 0.3 is 0 Å². The molecular weight excluding hydrogens is 350 g/mol. The number of quaternary nitrogens is 1. The Morgan fingerprint density at radius 2 is 1.65 bits per heavy atom. The van der Waals surface area contributed by atoms with Crippen molar-refractivity contribution in [1.29, 1.82) is 0 Å². The molecule has 0 atom stereocenters. The Labute approximate surface area is 156 Å². The Morgan fingerprint density at radius 1 is 1.04 bits per heavy atom. The fourth-order valence-electron chi connectivity index (χ4n) is 3.89. The second-order valence-electron chi connectivity index (χ2n) is 7.40. The molecule has 144 valence electrons. The predicted molar refractivity (Wildman–Crippen MR) is 100 cm³/mol. The quantitative estimate of drug-likeness (QED) is 0.727. The van der Waals surface area contributed by atoms with Gasteiger partial charge in [-0.3, -0.25) is 4.79 Å². The number of piperazine rings is 1. The number of hydrogen-bond donors (Lipinski definition) is 2. The summed E-state index contributed by atoms with van der Waals surface area (Å²) in [6, 6.07) is 8.89. The summed E-state index contributed by atoms with van der Waals surface area (Å²) < 4.78 is 26.8. The molecule has 26 heavy (non-hydrogen) atoms. The van der Waals surface area contributed by atoms with Crippen molar-refractivity contribution >= 4 is 15.9 Å². The van der Waals surface area contributed by atoms with E-state index in [0.29, 0.717) is 43.7 Å². The number of nitrogens with one attached hydrogen (secondary N) is 2. The molecule has 1 aliphatic heterocycles. The maximum atomic E-state index is 12.6. The summed E-state index contributed by atoms with van der Waals surface area (Å²) in [5.74, 6) is 0.103. The molecule has 0 radical (unpaired) electrons. The summed E-state index contributed by atoms with van der Waals surface area (Å²) in [5, 5.41) is 3.18. The SMILES string of the molecule is O=C(C[NH+]1CCN(S(=O)(=O)c2ccccc2)CC1)NC1CCCCCC1. The molecule has 2 fully saturated rings. The highest BCUT2D eigenvalue weighted by molar-refractivity contribution is 7.89. The van der Waals surface area contributed by atoms with Gasteiger partial charge < -0.3 is 10.2 Å². The largest absolute Gasteiger partial charge is 0.348 e. The van der Waals surface area contributed by atoms with Crippen LogP contribution in [0.15, 0.2) is 35.2 Å². The molecule has 3 rings (SSSR count). The number of carbonyl (C=O) groups is 1. The van der Waals surface area contributed by atoms with Crippen molar-refractivity contribution in [1.82, 2.24) is 9.62 Å². The lowest BCUT2D eigenvalue weighted by Gasteiger charge is -2.31. The van der Waals surface area contributed by atoms with Crippen LogP contribution in [0.4, 0.5) is 0 Å². The monoisotopic (exact) mass is 380 g/mol. The molecule has 1 heterocycles. The van der Waals surface area contributed by atoms with Crippen molar-refractivity contribution in [2.24, 2.45) is 0 Å². The molecule has 1 aliphatic carbocycles. The molecule has 1 saturated heterocycles. The van der Waals surface area contributed by atoms with E-state index < -0.39 is 10.0 Å². The molecule has 1 saturated carbocycles. The van der Waals surface area contributed by atoms with Gasteiger partial charge in [-0.1, -0.05) is 43.9 Å². The Hall–Kier alpha value is -1.44. The Kier molecular flexibility index (Phi) is 6.67. The van der Waals surface area contributed by atoms with Crippen LogP contribution >= 0.6 is 0 Å². The standard InChI is InChI=1S/C19H29N3O3S/c23-19(20-17-8-4-1-2-5-9-17)16-21-12-14-22(15-13-21)26(24,25)18-10-6-3-7-11-18/h3,6-7,10-11,17H,1-2,4-5,8-9,12-16H2,(H,20,23)/p+1. The van der Waals surface area contributed by atoms with Gasteiger partial charge in [0.15, 0.2) is 6.54 Å². The molecule has 0 bridgehead atoms. The Morgan fingerprint density at radius 3 is 2.27 bits per heavy atom. The topological polar surface area (TPSA) is 70.9 Å². The number of nitrogens with zero attached hydrogens (tertiary/aromatic N) is 1. The summed E-state index contributed by atoms with van der Waals surface area (Å²) in [6.07, 6.45) is 7.13. The number of benzene rings is 1. The first-order chi connectivity index (χ1) is 12.6. The maximum Gasteiger partial charge on any atom is 0.275 e. The van der Waals surface area contributed by atoms with E-state index in [4.69, 9.17) is 0 Å². The van der Waals surface area contributed by atoms with E-state index in [1.807, 2.05) is 6.07 Å². The smallest absolute Gasteiger partial charge is 0.275 e. The van der Waals surface area contributed by atoms with Crippen molar-refractivity contribution < 1.29 is 18.1 Å². The molecule has 1 aromatic rings. The van der Waals surface area contributed by atoms with Crippen LogP contribution in [0.25, 0.3) is 0 Å². The van der Waals surface area contributed by atoms with Crippen LogP contribution in [-0.4, -0.2) is 57.4 Å². The van der Waals surface area contributed by atoms with E-state index in [9.17, 15) is 13.2 Å². The van der Waals surface area contributed by atoms with Gasteiger partial charge in [0.1, 0.15) is 0 Å². The van der Waals surface area contributed by atoms with Crippen LogP contribution in [0, 0.1) is 0 Å². The highest BCUT2D eigenvalue weighted by Gasteiger charge is 2.31. The van der Waals surface area contributed by atoms with Crippen LogP contribution in [0.5, 0.6) is 0 Å². The van der Waals surface area contributed by atoms with Crippen molar-refractivity contribution in [2.75, 3.05) is 32.7 Å². The molecule has 2 N–H and O–H groups in total. The minimum absolute atomic E-state index is 0.103. The van der Waals surface area contributed by atoms with Gasteiger partial charge in [-0.2, -0.15) is 4.31 Å². The van der Waals surface area contributed by atoms with E-state index in [1.54, 1.807) is 24.3 Å². The highest BCUT2D eigenvalue weighted by atomic mass is 32.2. The molecule has 7 heteroatoms. The molecular formula is C19H30N3O3S+. The summed E-state index contributed by atoms with van der Waals surface area (Å²) in [4.78, 5) is 13.8. The number of carbonyl (C=O) groups excluding carboxylic acids is 1. The minimum atomic E-state index is -3.42. The van der Waals surface area contributed by atoms with Crippen LogP contribution in [0.3, 0.4) is 0 Å². The third kappa shape index (κ3) is 5.05. The van der Waals surface area contributed by atoms with E-state index in [2.05, 4.69) is 5.32 Å². The fourth-order valence-corrected chi connectivity index (χ4v) is 5.35. The van der Waals surface area contributed by atoms with Gasteiger partial charge in [0.25, 0.3) is 5.91 Å². The van der Waals surface area contributed by atoms with Crippen molar-refractivity contribution in [3.63, 3.8) is 0 Å². The van der Waals surface area contributed by atoms with Gasteiger partial charge in [-0.15, -0.1) is 0 Å². The molecule has 1 amide bonds. The Balaban J connectivity index is 1.47. The number of hydrogen-bond acceptors (Lipinski definition) is 3. The van der Waals surface area contributed by atoms with Crippen LogP contribution in [0.1, 0.15) is 38.5 Å². The van der Waals surface area contributed by atoms with Crippen LogP contribution in [-0.2, 0) is 14.8 Å². The zero-order valence-corrected chi connectivity index (χ0v) is 16.1. The van der Waals surface area contributed by atoms with Crippen molar-refractivity contribution in [3.8, 4) is 0 Å². The number of rotatable bonds is 5. The fraction of sp³-hybridized carbons (Fsp3) is 0.632. The summed E-state index contributed by atoms with van der Waals surface area (Å²) in [6.45, 7) is 2.70. The highest BCUT2D eigenvalue weighted by Crippen LogP contribution is 2.17. The average molecular weight is 381 g/mol. The lowest BCUT2D eigenvalue weighted by atomic mass is 10.1. The molecule has 0 aromatic heterocycles. The molecule has 0 spiro atoms. The first kappa shape index (κ1) is 19.3. The maximum absolute atomic E-state index is 12.6. The summed E-state index contributed by atoms with van der Waals surface area (Å²) in [5.41, 5.74) is 0. The van der Waals surface area contributed by atoms with Crippen molar-refractivity contribution in [3.05, 3.63) is 30.3 Å². The zero-order valence-electron chi connectivity index (χ0n) is 15.3. The van der Waals surface area contributed by atoms with Gasteiger partial charge in [-0.05, 0) is 25.0 Å². The number of amides is 1. The van der Waals surface area contributed by atoms with Gasteiger partial charge in [0.05, 0.1) is 31.1 Å². The molecule has 6 nitrogen and oxygen atoms in total. The minimum Gasteiger partial charge on any atom is -0.348 e. The number of sulfonamides is 1. The molecule has 2 aliphatic rings. The van der Waals surface area contributed by atoms with Gasteiger partial charge in [0.2, 0.25) is 10.0 Å². The normalized spacial score (nSPS) is 21.2. The van der Waals surface area contributed by atoms with E-state index in [1.165, 1.54) is 30.0 Å². The molecule has 0 unspecified atom stereocenters. The lowest BCUT2D eigenvalue weighted by Crippen LogP contribution is -3.15. The molecule has 1 aromatic carbocycles. The second-order valence-corrected chi connectivity index (χ2v) is 9.34. The first-order valence-corrected chi connectivity index (χ1v) is 11.2. The zero-order chi connectivity index (χ0) is 18.4. The third-order valence-corrected chi connectivity index (χ3v) is 7.35. The second kappa shape index (κ2) is 8.97. The van der Waals surface area contributed by atoms with E-state index in [0.717, 1.165) is 17.7 Å². The van der Waals surface area contributed by atoms with Crippen LogP contribution in [0.2, 0.25) is 0 Å². The third-order valence-electron chi connectivity index (χ3n) is 5.44. The van der Waals surface area contributed by atoms with Crippen LogP contribution < -0.4 is 10.2 Å². The van der Waals surface area contributed by atoms with E-state index in [-0.39, 0.29) is 5.91 Å². The predicted octanol–water partition coefficient (Wildman–Crippen LogP) is 0.415. The lowest BCUT2D eigenvalue weighted by molar-refractivity contribution is -0.895. The van der Waals surface area contributed by atoms with Gasteiger partial charge in [-0.25, -0.2) is 8.42 Å². The average Bonchev–Trinajstić information content (AvgIpc) is 2.91. The van der Waals surface area contributed by atoms with Crippen molar-refractivity contribution in [2.45, 2.75) is 49.5 Å². The summed E-state index contributed by atoms with van der Waals surface area (Å²) >= 11 is 0. The van der Waals surface area contributed by atoms with Gasteiger partial charge in [0, 0.05) is 6.04 Å². The van der Waals surface area contributed by atoms with E-state index >= 15 is 0 Å². The Bertz CT molecular complexity index is 677. The first-order valence-electron chi connectivity index (χ1n) is 9.74. The summed E-state index contributed by atoms with van der Waals surface area (Å²) in [7, 11) is -3.42.